The van der Waals surface area contributed by atoms with Crippen LogP contribution in [-0.4, -0.2) is 46.9 Å². The molecule has 0 bridgehead atoms. The van der Waals surface area contributed by atoms with Gasteiger partial charge in [0.05, 0.1) is 25.2 Å². The number of hydrogen-bond acceptors (Lipinski definition) is 5. The van der Waals surface area contributed by atoms with E-state index in [0.29, 0.717) is 19.3 Å². The summed E-state index contributed by atoms with van der Waals surface area (Å²) in [4.78, 5) is 26.0. The average molecular weight is 772 g/mol. The van der Waals surface area contributed by atoms with Crippen molar-refractivity contribution in [1.29, 1.82) is 0 Å². The summed E-state index contributed by atoms with van der Waals surface area (Å²) in [5.74, 6) is -0.515. The third-order valence-electron chi connectivity index (χ3n) is 10.5. The van der Waals surface area contributed by atoms with Crippen LogP contribution in [0.2, 0.25) is 0 Å². The molecule has 320 valence electrons. The fourth-order valence-corrected chi connectivity index (χ4v) is 6.89. The predicted molar refractivity (Wildman–Crippen MR) is 236 cm³/mol. The van der Waals surface area contributed by atoms with Crippen LogP contribution in [0.5, 0.6) is 0 Å². The standard InChI is InChI=1S/C49H89NO5/c1-4-7-10-13-16-19-22-23-24-25-27-30-33-36-39-42-49(54)55-45(40-37-34-31-28-26-20-17-14-11-8-5-2)43-48(53)50-46(44-51)47(52)41-38-35-32-29-21-18-15-12-9-6-3/h8,11,14,17,19-20,22,26,45-47,51-52H,4-7,9-10,12-13,15-16,18,21,23-25,27-44H2,1-3H3,(H,50,53)/b11-8+,17-14+,22-19-,26-20-. The molecule has 0 aliphatic heterocycles. The summed E-state index contributed by atoms with van der Waals surface area (Å²) in [7, 11) is 0. The molecule has 0 spiro atoms. The lowest BCUT2D eigenvalue weighted by Crippen LogP contribution is -2.46. The van der Waals surface area contributed by atoms with E-state index in [1.165, 1.54) is 109 Å². The van der Waals surface area contributed by atoms with Crippen molar-refractivity contribution in [3.8, 4) is 0 Å². The second-order valence-corrected chi connectivity index (χ2v) is 15.8. The molecule has 0 heterocycles. The molecule has 55 heavy (non-hydrogen) atoms. The number of nitrogens with one attached hydrogen (secondary N) is 1. The van der Waals surface area contributed by atoms with Crippen LogP contribution in [0.1, 0.15) is 226 Å². The van der Waals surface area contributed by atoms with Crippen molar-refractivity contribution in [3.63, 3.8) is 0 Å². The Morgan fingerprint density at radius 1 is 0.545 bits per heavy atom. The first-order chi connectivity index (χ1) is 27.0. The van der Waals surface area contributed by atoms with Crippen molar-refractivity contribution < 1.29 is 24.5 Å². The summed E-state index contributed by atoms with van der Waals surface area (Å²) >= 11 is 0. The lowest BCUT2D eigenvalue weighted by atomic mass is 10.0. The van der Waals surface area contributed by atoms with E-state index in [-0.39, 0.29) is 24.9 Å². The van der Waals surface area contributed by atoms with Gasteiger partial charge >= 0.3 is 5.97 Å². The molecule has 0 aliphatic rings. The Hall–Kier alpha value is -2.18. The zero-order valence-corrected chi connectivity index (χ0v) is 36.3. The number of aliphatic hydroxyl groups is 2. The number of hydrogen-bond donors (Lipinski definition) is 3. The summed E-state index contributed by atoms with van der Waals surface area (Å²) in [6.45, 7) is 6.30. The lowest BCUT2D eigenvalue weighted by Gasteiger charge is -2.24. The molecule has 6 nitrogen and oxygen atoms in total. The van der Waals surface area contributed by atoms with Crippen molar-refractivity contribution >= 4 is 11.9 Å². The van der Waals surface area contributed by atoms with Crippen LogP contribution in [0.3, 0.4) is 0 Å². The van der Waals surface area contributed by atoms with E-state index < -0.39 is 18.2 Å². The maximum atomic E-state index is 13.1. The number of unbranched alkanes of at least 4 members (excludes halogenated alkanes) is 23. The van der Waals surface area contributed by atoms with Gasteiger partial charge in [-0.3, -0.25) is 9.59 Å². The quantitative estimate of drug-likeness (QED) is 0.0249. The molecule has 0 rings (SSSR count). The highest BCUT2D eigenvalue weighted by atomic mass is 16.5. The Morgan fingerprint density at radius 2 is 1.00 bits per heavy atom. The molecule has 6 heteroatoms. The van der Waals surface area contributed by atoms with Gasteiger partial charge in [0, 0.05) is 6.42 Å². The van der Waals surface area contributed by atoms with Crippen LogP contribution < -0.4 is 5.32 Å². The Morgan fingerprint density at radius 3 is 1.56 bits per heavy atom. The van der Waals surface area contributed by atoms with E-state index in [1.54, 1.807) is 0 Å². The summed E-state index contributed by atoms with van der Waals surface area (Å²) < 4.78 is 5.89. The number of esters is 1. The van der Waals surface area contributed by atoms with Crippen LogP contribution in [0.15, 0.2) is 48.6 Å². The van der Waals surface area contributed by atoms with Crippen molar-refractivity contribution in [2.45, 2.75) is 244 Å². The Kier molecular flexibility index (Phi) is 41.2. The minimum atomic E-state index is -0.795. The molecule has 1 amide bonds. The fourth-order valence-electron chi connectivity index (χ4n) is 6.89. The number of rotatable bonds is 41. The molecule has 0 aromatic heterocycles. The number of amides is 1. The van der Waals surface area contributed by atoms with Crippen LogP contribution >= 0.6 is 0 Å². The van der Waals surface area contributed by atoms with Gasteiger partial charge < -0.3 is 20.3 Å². The molecule has 0 saturated carbocycles. The molecule has 0 aliphatic carbocycles. The van der Waals surface area contributed by atoms with Gasteiger partial charge in [-0.1, -0.05) is 191 Å². The van der Waals surface area contributed by atoms with Gasteiger partial charge in [0.15, 0.2) is 0 Å². The summed E-state index contributed by atoms with van der Waals surface area (Å²) in [5.41, 5.74) is 0. The molecule has 3 unspecified atom stereocenters. The van der Waals surface area contributed by atoms with E-state index in [1.807, 2.05) is 12.2 Å². The highest BCUT2D eigenvalue weighted by Crippen LogP contribution is 2.17. The first-order valence-corrected chi connectivity index (χ1v) is 23.4. The van der Waals surface area contributed by atoms with Crippen molar-refractivity contribution in [2.75, 3.05) is 6.61 Å². The normalized spacial score (nSPS) is 13.8. The zero-order valence-electron chi connectivity index (χ0n) is 36.3. The van der Waals surface area contributed by atoms with E-state index in [4.69, 9.17) is 4.74 Å². The summed E-state index contributed by atoms with van der Waals surface area (Å²) in [6, 6.07) is -0.711. The van der Waals surface area contributed by atoms with Crippen molar-refractivity contribution in [3.05, 3.63) is 48.6 Å². The molecule has 0 fully saturated rings. The van der Waals surface area contributed by atoms with Gasteiger partial charge in [-0.25, -0.2) is 0 Å². The fraction of sp³-hybridized carbons (Fsp3) is 0.796. The summed E-state index contributed by atoms with van der Waals surface area (Å²) in [6.07, 6.45) is 50.3. The second-order valence-electron chi connectivity index (χ2n) is 15.8. The van der Waals surface area contributed by atoms with Gasteiger partial charge in [-0.05, 0) is 70.6 Å². The van der Waals surface area contributed by atoms with Crippen LogP contribution in [0.4, 0.5) is 0 Å². The second kappa shape index (κ2) is 43.0. The minimum Gasteiger partial charge on any atom is -0.462 e. The number of carbonyl (C=O) groups is 2. The molecule has 3 N–H and O–H groups in total. The largest absolute Gasteiger partial charge is 0.462 e. The van der Waals surface area contributed by atoms with Crippen molar-refractivity contribution in [1.82, 2.24) is 5.32 Å². The highest BCUT2D eigenvalue weighted by Gasteiger charge is 2.24. The van der Waals surface area contributed by atoms with Crippen LogP contribution in [0.25, 0.3) is 0 Å². The SMILES string of the molecule is CC/C=C/C=C/C=C\CCCCCC(CC(=O)NC(CO)C(O)CCCCCCCCCCCC)OC(=O)CCCCCCCCC/C=C\CCCCCC. The highest BCUT2D eigenvalue weighted by molar-refractivity contribution is 5.77. The minimum absolute atomic E-state index is 0.0528. The van der Waals surface area contributed by atoms with E-state index in [9.17, 15) is 19.8 Å². The van der Waals surface area contributed by atoms with Crippen LogP contribution in [0, 0.1) is 0 Å². The van der Waals surface area contributed by atoms with E-state index in [2.05, 4.69) is 62.5 Å². The third-order valence-corrected chi connectivity index (χ3v) is 10.5. The summed E-state index contributed by atoms with van der Waals surface area (Å²) in [5, 5.41) is 23.6. The number of carbonyl (C=O) groups excluding carboxylic acids is 2. The van der Waals surface area contributed by atoms with Crippen LogP contribution in [-0.2, 0) is 14.3 Å². The maximum Gasteiger partial charge on any atom is 0.306 e. The number of allylic oxidation sites excluding steroid dienone is 8. The Balaban J connectivity index is 4.60. The first kappa shape index (κ1) is 52.8. The van der Waals surface area contributed by atoms with Gasteiger partial charge in [0.25, 0.3) is 0 Å². The third kappa shape index (κ3) is 38.5. The topological polar surface area (TPSA) is 95.9 Å². The number of ether oxygens (including phenoxy) is 1. The molecular formula is C49H89NO5. The number of aliphatic hydroxyl groups excluding tert-OH is 2. The molecule has 3 atom stereocenters. The smallest absolute Gasteiger partial charge is 0.306 e. The monoisotopic (exact) mass is 772 g/mol. The van der Waals surface area contributed by atoms with Crippen molar-refractivity contribution in [2.24, 2.45) is 0 Å². The molecule has 0 aromatic carbocycles. The van der Waals surface area contributed by atoms with Gasteiger partial charge in [0.1, 0.15) is 6.10 Å². The van der Waals surface area contributed by atoms with Gasteiger partial charge in [0.2, 0.25) is 5.91 Å². The maximum absolute atomic E-state index is 13.1. The lowest BCUT2D eigenvalue weighted by molar-refractivity contribution is -0.151. The molecule has 0 saturated heterocycles. The Bertz CT molecular complexity index is 957. The first-order valence-electron chi connectivity index (χ1n) is 23.4. The Labute approximate surface area is 340 Å². The molecule has 0 aromatic rings. The van der Waals surface area contributed by atoms with Gasteiger partial charge in [-0.15, -0.1) is 0 Å². The predicted octanol–water partition coefficient (Wildman–Crippen LogP) is 13.5. The molecule has 0 radical (unpaired) electrons. The zero-order chi connectivity index (χ0) is 40.3. The average Bonchev–Trinajstić information content (AvgIpc) is 3.18. The van der Waals surface area contributed by atoms with Gasteiger partial charge in [-0.2, -0.15) is 0 Å². The molecular weight excluding hydrogens is 683 g/mol. The van der Waals surface area contributed by atoms with E-state index >= 15 is 0 Å². The van der Waals surface area contributed by atoms with E-state index in [0.717, 1.165) is 70.6 Å².